The number of hydrogen-bond donors (Lipinski definition) is 0. The van der Waals surface area contributed by atoms with Crippen LogP contribution in [0.2, 0.25) is 0 Å². The number of aliphatic imine (C=N–C) groups is 1. The van der Waals surface area contributed by atoms with E-state index in [2.05, 4.69) is 60.3 Å². The van der Waals surface area contributed by atoms with Crippen LogP contribution in [0.1, 0.15) is 55.0 Å². The molecule has 0 N–H and O–H groups in total. The SMILES string of the molecule is CC[C@H]1CSC2=N[C@@H](c3ccccn3)[C@@H](c3cc(C)n(CC)c3C)N21. The van der Waals surface area contributed by atoms with Gasteiger partial charge in [-0.1, -0.05) is 24.8 Å². The molecule has 4 nitrogen and oxygen atoms in total. The molecule has 2 aromatic rings. The van der Waals surface area contributed by atoms with E-state index in [0.29, 0.717) is 6.04 Å². The summed E-state index contributed by atoms with van der Waals surface area (Å²) in [5.74, 6) is 1.15. The van der Waals surface area contributed by atoms with Crippen molar-refractivity contribution >= 4 is 16.9 Å². The first-order valence-corrected chi connectivity index (χ1v) is 10.2. The van der Waals surface area contributed by atoms with Gasteiger partial charge in [-0.15, -0.1) is 0 Å². The number of thioether (sulfide) groups is 1. The predicted octanol–water partition coefficient (Wildman–Crippen LogP) is 4.50. The first-order chi connectivity index (χ1) is 12.2. The molecule has 1 fully saturated rings. The molecule has 0 bridgehead atoms. The van der Waals surface area contributed by atoms with Crippen LogP contribution in [-0.2, 0) is 6.54 Å². The molecule has 4 rings (SSSR count). The Morgan fingerprint density at radius 1 is 1.24 bits per heavy atom. The summed E-state index contributed by atoms with van der Waals surface area (Å²) in [6.07, 6.45) is 3.04. The molecular weight excluding hydrogens is 328 g/mol. The summed E-state index contributed by atoms with van der Waals surface area (Å²) in [4.78, 5) is 12.3. The number of aromatic nitrogens is 2. The third-order valence-electron chi connectivity index (χ3n) is 5.58. The molecule has 2 aromatic heterocycles. The molecule has 0 radical (unpaired) electrons. The van der Waals surface area contributed by atoms with Crippen molar-refractivity contribution < 1.29 is 0 Å². The summed E-state index contributed by atoms with van der Waals surface area (Å²) >= 11 is 1.91. The maximum Gasteiger partial charge on any atom is 0.160 e. The van der Waals surface area contributed by atoms with Crippen LogP contribution < -0.4 is 0 Å². The molecule has 0 amide bonds. The lowest BCUT2D eigenvalue weighted by Crippen LogP contribution is -2.35. The van der Waals surface area contributed by atoms with Crippen LogP contribution in [0, 0.1) is 13.8 Å². The lowest BCUT2D eigenvalue weighted by atomic mass is 9.95. The molecule has 5 heteroatoms. The Hall–Kier alpha value is -1.75. The number of hydrogen-bond acceptors (Lipinski definition) is 4. The van der Waals surface area contributed by atoms with E-state index in [1.807, 2.05) is 24.0 Å². The number of amidine groups is 1. The van der Waals surface area contributed by atoms with Crippen LogP contribution in [0.5, 0.6) is 0 Å². The summed E-state index contributed by atoms with van der Waals surface area (Å²) in [5, 5.41) is 1.20. The minimum absolute atomic E-state index is 0.0869. The summed E-state index contributed by atoms with van der Waals surface area (Å²) < 4.78 is 2.41. The lowest BCUT2D eigenvalue weighted by Gasteiger charge is -2.32. The van der Waals surface area contributed by atoms with E-state index < -0.39 is 0 Å². The van der Waals surface area contributed by atoms with Crippen molar-refractivity contribution in [2.45, 2.75) is 58.8 Å². The minimum Gasteiger partial charge on any atom is -0.349 e. The minimum atomic E-state index is 0.0869. The quantitative estimate of drug-likeness (QED) is 0.810. The van der Waals surface area contributed by atoms with Crippen LogP contribution in [0.25, 0.3) is 0 Å². The zero-order valence-corrected chi connectivity index (χ0v) is 16.3. The third kappa shape index (κ3) is 2.60. The lowest BCUT2D eigenvalue weighted by molar-refractivity contribution is 0.254. The first-order valence-electron chi connectivity index (χ1n) is 9.22. The molecule has 0 unspecified atom stereocenters. The van der Waals surface area contributed by atoms with Crippen molar-refractivity contribution in [1.29, 1.82) is 0 Å². The van der Waals surface area contributed by atoms with Crippen molar-refractivity contribution in [3.8, 4) is 0 Å². The van der Waals surface area contributed by atoms with E-state index in [9.17, 15) is 0 Å². The highest BCUT2D eigenvalue weighted by atomic mass is 32.2. The number of fused-ring (bicyclic) bond motifs is 1. The summed E-state index contributed by atoms with van der Waals surface area (Å²) in [7, 11) is 0. The first kappa shape index (κ1) is 16.7. The van der Waals surface area contributed by atoms with E-state index >= 15 is 0 Å². The Morgan fingerprint density at radius 3 is 2.72 bits per heavy atom. The van der Waals surface area contributed by atoms with E-state index in [0.717, 1.165) is 24.4 Å². The molecule has 3 atom stereocenters. The van der Waals surface area contributed by atoms with Gasteiger partial charge in [0.25, 0.3) is 0 Å². The van der Waals surface area contributed by atoms with Gasteiger partial charge in [-0.2, -0.15) is 0 Å². The van der Waals surface area contributed by atoms with E-state index in [-0.39, 0.29) is 12.1 Å². The van der Waals surface area contributed by atoms with Gasteiger partial charge in [-0.25, -0.2) is 0 Å². The summed E-state index contributed by atoms with van der Waals surface area (Å²) in [5.41, 5.74) is 5.19. The normalized spacial score (nSPS) is 25.4. The van der Waals surface area contributed by atoms with Gasteiger partial charge in [0.2, 0.25) is 0 Å². The molecule has 2 aliphatic heterocycles. The van der Waals surface area contributed by atoms with Crippen molar-refractivity contribution in [2.24, 2.45) is 4.99 Å². The highest BCUT2D eigenvalue weighted by Gasteiger charge is 2.46. The maximum absolute atomic E-state index is 5.12. The van der Waals surface area contributed by atoms with Gasteiger partial charge in [0.15, 0.2) is 5.17 Å². The second-order valence-corrected chi connectivity index (χ2v) is 7.89. The zero-order chi connectivity index (χ0) is 17.6. The summed E-state index contributed by atoms with van der Waals surface area (Å²) in [6, 6.07) is 9.45. The van der Waals surface area contributed by atoms with Crippen LogP contribution >= 0.6 is 11.8 Å². The van der Waals surface area contributed by atoms with E-state index in [1.165, 1.54) is 22.1 Å². The van der Waals surface area contributed by atoms with Crippen molar-refractivity contribution in [1.82, 2.24) is 14.5 Å². The number of pyridine rings is 1. The smallest absolute Gasteiger partial charge is 0.160 e. The second-order valence-electron chi connectivity index (χ2n) is 6.91. The van der Waals surface area contributed by atoms with Gasteiger partial charge < -0.3 is 9.47 Å². The molecule has 0 aromatic carbocycles. The average molecular weight is 355 g/mol. The number of aryl methyl sites for hydroxylation is 1. The van der Waals surface area contributed by atoms with E-state index in [1.54, 1.807) is 0 Å². The monoisotopic (exact) mass is 354 g/mol. The molecule has 25 heavy (non-hydrogen) atoms. The van der Waals surface area contributed by atoms with Crippen LogP contribution in [0.4, 0.5) is 0 Å². The molecule has 1 saturated heterocycles. The highest BCUT2D eigenvalue weighted by molar-refractivity contribution is 8.14. The average Bonchev–Trinajstić information content (AvgIpc) is 3.27. The van der Waals surface area contributed by atoms with Crippen LogP contribution in [0.3, 0.4) is 0 Å². The fraction of sp³-hybridized carbons (Fsp3) is 0.500. The number of nitrogens with zero attached hydrogens (tertiary/aromatic N) is 4. The Balaban J connectivity index is 1.83. The van der Waals surface area contributed by atoms with Crippen molar-refractivity contribution in [3.05, 3.63) is 53.1 Å². The standard InChI is InChI=1S/C20H26N4S/c1-5-15-12-25-20-22-18(17-9-7-8-10-21-17)19(24(15)20)16-11-13(3)23(6-2)14(16)4/h7-11,15,18-19H,5-6,12H2,1-4H3/t15-,18-,19+/m0/s1. The molecular formula is C20H26N4S. The van der Waals surface area contributed by atoms with Crippen LogP contribution in [-0.4, -0.2) is 31.4 Å². The second kappa shape index (κ2) is 6.52. The molecule has 0 aliphatic carbocycles. The predicted molar refractivity (Wildman–Crippen MR) is 105 cm³/mol. The van der Waals surface area contributed by atoms with Gasteiger partial charge in [0.1, 0.15) is 6.04 Å². The van der Waals surface area contributed by atoms with Gasteiger partial charge in [-0.3, -0.25) is 9.98 Å². The topological polar surface area (TPSA) is 33.4 Å². The number of rotatable bonds is 4. The van der Waals surface area contributed by atoms with Crippen molar-refractivity contribution in [3.63, 3.8) is 0 Å². The Bertz CT molecular complexity index is 796. The largest absolute Gasteiger partial charge is 0.349 e. The van der Waals surface area contributed by atoms with Gasteiger partial charge in [0.05, 0.1) is 11.7 Å². The van der Waals surface area contributed by atoms with Gasteiger partial charge in [-0.05, 0) is 51.0 Å². The molecule has 2 aliphatic rings. The fourth-order valence-electron chi connectivity index (χ4n) is 4.30. The Kier molecular flexibility index (Phi) is 4.36. The Morgan fingerprint density at radius 2 is 2.08 bits per heavy atom. The molecule has 132 valence electrons. The Labute approximate surface area is 154 Å². The van der Waals surface area contributed by atoms with Gasteiger partial charge in [0, 0.05) is 35.9 Å². The van der Waals surface area contributed by atoms with E-state index in [4.69, 9.17) is 4.99 Å². The molecule has 0 spiro atoms. The maximum atomic E-state index is 5.12. The van der Waals surface area contributed by atoms with Gasteiger partial charge >= 0.3 is 0 Å². The summed E-state index contributed by atoms with van der Waals surface area (Å²) in [6.45, 7) is 9.98. The third-order valence-corrected chi connectivity index (χ3v) is 6.70. The zero-order valence-electron chi connectivity index (χ0n) is 15.4. The van der Waals surface area contributed by atoms with Crippen molar-refractivity contribution in [2.75, 3.05) is 5.75 Å². The molecule has 4 heterocycles. The highest BCUT2D eigenvalue weighted by Crippen LogP contribution is 2.49. The van der Waals surface area contributed by atoms with Crippen LogP contribution in [0.15, 0.2) is 35.5 Å². The molecule has 0 saturated carbocycles. The fourth-order valence-corrected chi connectivity index (χ4v) is 5.64.